The van der Waals surface area contributed by atoms with Crippen LogP contribution in [0.15, 0.2) is 10.5 Å². The van der Waals surface area contributed by atoms with Gasteiger partial charge < -0.3 is 5.73 Å². The average molecular weight is 255 g/mol. The van der Waals surface area contributed by atoms with Gasteiger partial charge in [0.1, 0.15) is 0 Å². The number of thiazole rings is 1. The van der Waals surface area contributed by atoms with Gasteiger partial charge in [-0.2, -0.15) is 4.98 Å². The number of hydrogen-bond donors (Lipinski definition) is 2. The third-order valence-corrected chi connectivity index (χ3v) is 3.73. The van der Waals surface area contributed by atoms with Crippen molar-refractivity contribution in [2.45, 2.75) is 30.7 Å². The monoisotopic (exact) mass is 255 g/mol. The minimum absolute atomic E-state index is 0.354. The number of anilines is 1. The van der Waals surface area contributed by atoms with Crippen molar-refractivity contribution in [1.29, 1.82) is 0 Å². The fourth-order valence-electron chi connectivity index (χ4n) is 1.21. The van der Waals surface area contributed by atoms with Crippen LogP contribution in [0.2, 0.25) is 0 Å². The highest BCUT2D eigenvalue weighted by molar-refractivity contribution is 7.98. The molecule has 0 aliphatic rings. The van der Waals surface area contributed by atoms with Crippen molar-refractivity contribution < 1.29 is 0 Å². The summed E-state index contributed by atoms with van der Waals surface area (Å²) in [6.07, 6.45) is 2.19. The molecule has 0 atom stereocenters. The zero-order valence-corrected chi connectivity index (χ0v) is 10.6. The van der Waals surface area contributed by atoms with Gasteiger partial charge in [-0.25, -0.2) is 10.1 Å². The van der Waals surface area contributed by atoms with Gasteiger partial charge in [0.2, 0.25) is 11.1 Å². The molecule has 0 aliphatic heterocycles. The summed E-state index contributed by atoms with van der Waals surface area (Å²) >= 11 is 3.25. The summed E-state index contributed by atoms with van der Waals surface area (Å²) in [4.78, 5) is 8.54. The fourth-order valence-corrected chi connectivity index (χ4v) is 2.91. The highest BCUT2D eigenvalue weighted by Crippen LogP contribution is 2.21. The van der Waals surface area contributed by atoms with Crippen LogP contribution in [-0.2, 0) is 12.2 Å². The molecule has 2 heterocycles. The van der Waals surface area contributed by atoms with Crippen molar-refractivity contribution in [3.05, 3.63) is 16.1 Å². The van der Waals surface area contributed by atoms with Crippen LogP contribution in [0.4, 0.5) is 5.95 Å². The fraction of sp³-hybridized carbons (Fsp3) is 0.444. The smallest absolute Gasteiger partial charge is 0.216 e. The Morgan fingerprint density at radius 1 is 1.50 bits per heavy atom. The summed E-state index contributed by atoms with van der Waals surface area (Å²) < 4.78 is 0. The van der Waals surface area contributed by atoms with Crippen LogP contribution >= 0.6 is 23.1 Å². The van der Waals surface area contributed by atoms with E-state index in [0.29, 0.717) is 11.1 Å². The van der Waals surface area contributed by atoms with Crippen LogP contribution in [0.25, 0.3) is 0 Å². The standard InChI is InChI=1S/C9H13N5S2/c1-2-3-7-11-6(4-15-7)5-16-9-12-8(10)13-14-9/h4H,2-3,5H2,1H3,(H3,10,12,13,14). The van der Waals surface area contributed by atoms with E-state index in [4.69, 9.17) is 5.73 Å². The van der Waals surface area contributed by atoms with E-state index in [2.05, 4.69) is 32.5 Å². The Labute approximate surface area is 102 Å². The number of aromatic nitrogens is 4. The molecule has 2 rings (SSSR count). The van der Waals surface area contributed by atoms with Crippen molar-refractivity contribution >= 4 is 29.0 Å². The lowest BCUT2D eigenvalue weighted by molar-refractivity contribution is 0.901. The van der Waals surface area contributed by atoms with Crippen molar-refractivity contribution in [2.75, 3.05) is 5.73 Å². The van der Waals surface area contributed by atoms with E-state index in [0.717, 1.165) is 24.3 Å². The van der Waals surface area contributed by atoms with Crippen LogP contribution in [-0.4, -0.2) is 20.2 Å². The molecule has 0 spiro atoms. The van der Waals surface area contributed by atoms with Gasteiger partial charge in [-0.3, -0.25) is 0 Å². The van der Waals surface area contributed by atoms with Crippen LogP contribution in [0, 0.1) is 0 Å². The molecule has 0 unspecified atom stereocenters. The second kappa shape index (κ2) is 5.31. The number of nitrogens with zero attached hydrogens (tertiary/aromatic N) is 3. The topological polar surface area (TPSA) is 80.5 Å². The Kier molecular flexibility index (Phi) is 3.79. The van der Waals surface area contributed by atoms with E-state index in [1.54, 1.807) is 11.3 Å². The van der Waals surface area contributed by atoms with Crippen molar-refractivity contribution in [1.82, 2.24) is 20.2 Å². The Morgan fingerprint density at radius 2 is 2.38 bits per heavy atom. The molecular formula is C9H13N5S2. The molecule has 0 amide bonds. The van der Waals surface area contributed by atoms with E-state index in [-0.39, 0.29) is 0 Å². The third kappa shape index (κ3) is 2.96. The van der Waals surface area contributed by atoms with E-state index in [9.17, 15) is 0 Å². The normalized spacial score (nSPS) is 10.8. The summed E-state index contributed by atoms with van der Waals surface area (Å²) in [5.74, 6) is 1.14. The molecule has 7 heteroatoms. The second-order valence-electron chi connectivity index (χ2n) is 3.27. The number of nitrogens with two attached hydrogens (primary N) is 1. The third-order valence-electron chi connectivity index (χ3n) is 1.89. The van der Waals surface area contributed by atoms with Gasteiger partial charge in [0.15, 0.2) is 0 Å². The average Bonchev–Trinajstić information content (AvgIpc) is 2.85. The van der Waals surface area contributed by atoms with Gasteiger partial charge in [0, 0.05) is 11.1 Å². The van der Waals surface area contributed by atoms with Crippen LogP contribution in [0.1, 0.15) is 24.0 Å². The minimum Gasteiger partial charge on any atom is -0.368 e. The lowest BCUT2D eigenvalue weighted by Crippen LogP contribution is -1.86. The Morgan fingerprint density at radius 3 is 3.06 bits per heavy atom. The van der Waals surface area contributed by atoms with Crippen molar-refractivity contribution in [2.24, 2.45) is 0 Å². The van der Waals surface area contributed by atoms with Gasteiger partial charge in [-0.05, 0) is 12.8 Å². The molecule has 2 aromatic heterocycles. The van der Waals surface area contributed by atoms with Gasteiger partial charge >= 0.3 is 0 Å². The number of nitrogen functional groups attached to an aromatic ring is 1. The highest BCUT2D eigenvalue weighted by Gasteiger charge is 2.05. The number of aryl methyl sites for hydroxylation is 1. The maximum Gasteiger partial charge on any atom is 0.216 e. The predicted octanol–water partition coefficient (Wildman–Crippen LogP) is 2.09. The number of rotatable bonds is 5. The first-order chi connectivity index (χ1) is 7.78. The second-order valence-corrected chi connectivity index (χ2v) is 5.16. The van der Waals surface area contributed by atoms with E-state index in [1.165, 1.54) is 16.8 Å². The van der Waals surface area contributed by atoms with Gasteiger partial charge in [0.05, 0.1) is 10.7 Å². The first-order valence-electron chi connectivity index (χ1n) is 5.02. The molecule has 5 nitrogen and oxygen atoms in total. The molecule has 0 saturated heterocycles. The van der Waals surface area contributed by atoms with Crippen LogP contribution < -0.4 is 5.73 Å². The zero-order valence-electron chi connectivity index (χ0n) is 8.93. The van der Waals surface area contributed by atoms with E-state index < -0.39 is 0 Å². The van der Waals surface area contributed by atoms with Crippen molar-refractivity contribution in [3.8, 4) is 0 Å². The number of aromatic amines is 1. The first kappa shape index (κ1) is 11.4. The molecule has 0 saturated carbocycles. The van der Waals surface area contributed by atoms with Crippen LogP contribution in [0.3, 0.4) is 0 Å². The molecular weight excluding hydrogens is 242 g/mol. The minimum atomic E-state index is 0.354. The summed E-state index contributed by atoms with van der Waals surface area (Å²) in [7, 11) is 0. The molecule has 0 aromatic carbocycles. The van der Waals surface area contributed by atoms with Crippen molar-refractivity contribution in [3.63, 3.8) is 0 Å². The van der Waals surface area contributed by atoms with Gasteiger partial charge in [-0.1, -0.05) is 18.7 Å². The van der Waals surface area contributed by atoms with E-state index in [1.807, 2.05) is 0 Å². The van der Waals surface area contributed by atoms with Crippen LogP contribution in [0.5, 0.6) is 0 Å². The molecule has 16 heavy (non-hydrogen) atoms. The first-order valence-corrected chi connectivity index (χ1v) is 6.88. The zero-order chi connectivity index (χ0) is 11.4. The molecule has 0 fully saturated rings. The lowest BCUT2D eigenvalue weighted by Gasteiger charge is -1.92. The Bertz CT molecular complexity index is 450. The summed E-state index contributed by atoms with van der Waals surface area (Å²) in [6.45, 7) is 2.16. The molecule has 0 radical (unpaired) electrons. The maximum atomic E-state index is 5.44. The molecule has 2 aromatic rings. The summed E-state index contributed by atoms with van der Waals surface area (Å²) in [6, 6.07) is 0. The highest BCUT2D eigenvalue weighted by atomic mass is 32.2. The molecule has 0 bridgehead atoms. The SMILES string of the molecule is CCCc1nc(CSc2n[nH]c(N)n2)cs1. The quantitative estimate of drug-likeness (QED) is 0.800. The lowest BCUT2D eigenvalue weighted by atomic mass is 10.3. The molecule has 86 valence electrons. The molecule has 3 N–H and O–H groups in total. The number of nitrogens with one attached hydrogen (secondary N) is 1. The number of H-pyrrole nitrogens is 1. The van der Waals surface area contributed by atoms with Gasteiger partial charge in [-0.15, -0.1) is 16.4 Å². The van der Waals surface area contributed by atoms with E-state index >= 15 is 0 Å². The Hall–Kier alpha value is -1.08. The largest absolute Gasteiger partial charge is 0.368 e. The Balaban J connectivity index is 1.89. The maximum absolute atomic E-state index is 5.44. The number of thioether (sulfide) groups is 1. The predicted molar refractivity (Wildman–Crippen MR) is 66.5 cm³/mol. The van der Waals surface area contributed by atoms with Gasteiger partial charge in [0.25, 0.3) is 0 Å². The number of hydrogen-bond acceptors (Lipinski definition) is 6. The molecule has 0 aliphatic carbocycles. The summed E-state index contributed by atoms with van der Waals surface area (Å²) in [5.41, 5.74) is 6.52. The summed E-state index contributed by atoms with van der Waals surface area (Å²) in [5, 5.41) is 10.5.